The van der Waals surface area contributed by atoms with Gasteiger partial charge in [-0.25, -0.2) is 0 Å². The van der Waals surface area contributed by atoms with Crippen molar-refractivity contribution in [1.29, 1.82) is 0 Å². The summed E-state index contributed by atoms with van der Waals surface area (Å²) in [5.74, 6) is -0.0396. The SMILES string of the molecule is C=CCN(CCO)C(=O)c1cn[nH]c1N. The molecule has 0 aliphatic rings. The molecule has 0 aliphatic carbocycles. The highest BCUT2D eigenvalue weighted by atomic mass is 16.3. The number of carbonyl (C=O) groups excluding carboxylic acids is 1. The summed E-state index contributed by atoms with van der Waals surface area (Å²) in [5, 5.41) is 14.9. The van der Waals surface area contributed by atoms with E-state index in [0.717, 1.165) is 0 Å². The summed E-state index contributed by atoms with van der Waals surface area (Å²) in [7, 11) is 0. The van der Waals surface area contributed by atoms with Gasteiger partial charge in [0.15, 0.2) is 0 Å². The fourth-order valence-corrected chi connectivity index (χ4v) is 1.19. The first kappa shape index (κ1) is 11.3. The van der Waals surface area contributed by atoms with Gasteiger partial charge in [-0.15, -0.1) is 6.58 Å². The summed E-state index contributed by atoms with van der Waals surface area (Å²) in [6.07, 6.45) is 2.95. The van der Waals surface area contributed by atoms with E-state index in [0.29, 0.717) is 12.1 Å². The van der Waals surface area contributed by atoms with Crippen molar-refractivity contribution >= 4 is 11.7 Å². The van der Waals surface area contributed by atoms with Crippen LogP contribution < -0.4 is 5.73 Å². The molecule has 6 nitrogen and oxygen atoms in total. The van der Waals surface area contributed by atoms with Crippen LogP contribution in [0.25, 0.3) is 0 Å². The molecule has 0 saturated heterocycles. The van der Waals surface area contributed by atoms with Crippen molar-refractivity contribution in [2.24, 2.45) is 0 Å². The Morgan fingerprint density at radius 2 is 2.53 bits per heavy atom. The second-order valence-corrected chi connectivity index (χ2v) is 2.96. The number of aromatic nitrogens is 2. The molecule has 6 heteroatoms. The average molecular weight is 210 g/mol. The van der Waals surface area contributed by atoms with E-state index < -0.39 is 0 Å². The first-order chi connectivity index (χ1) is 7.20. The smallest absolute Gasteiger partial charge is 0.259 e. The van der Waals surface area contributed by atoms with Crippen molar-refractivity contribution in [1.82, 2.24) is 15.1 Å². The van der Waals surface area contributed by atoms with Crippen molar-refractivity contribution in [2.45, 2.75) is 0 Å². The highest BCUT2D eigenvalue weighted by molar-refractivity contribution is 5.98. The summed E-state index contributed by atoms with van der Waals surface area (Å²) in [4.78, 5) is 13.3. The van der Waals surface area contributed by atoms with E-state index in [-0.39, 0.29) is 24.9 Å². The number of aromatic amines is 1. The Morgan fingerprint density at radius 1 is 1.80 bits per heavy atom. The maximum absolute atomic E-state index is 11.8. The predicted octanol–water partition coefficient (Wildman–Crippen LogP) is -0.388. The highest BCUT2D eigenvalue weighted by Crippen LogP contribution is 2.09. The molecule has 0 spiro atoms. The largest absolute Gasteiger partial charge is 0.395 e. The Labute approximate surface area is 87.4 Å². The zero-order valence-corrected chi connectivity index (χ0v) is 8.31. The average Bonchev–Trinajstić information content (AvgIpc) is 2.63. The number of carbonyl (C=O) groups is 1. The van der Waals surface area contributed by atoms with Crippen molar-refractivity contribution in [3.05, 3.63) is 24.4 Å². The number of aliphatic hydroxyl groups excluding tert-OH is 1. The van der Waals surface area contributed by atoms with Crippen LogP contribution in [0, 0.1) is 0 Å². The van der Waals surface area contributed by atoms with E-state index in [1.807, 2.05) is 0 Å². The van der Waals surface area contributed by atoms with Crippen molar-refractivity contribution in [2.75, 3.05) is 25.4 Å². The van der Waals surface area contributed by atoms with Gasteiger partial charge in [0, 0.05) is 13.1 Å². The van der Waals surface area contributed by atoms with Gasteiger partial charge in [0.1, 0.15) is 11.4 Å². The Kier molecular flexibility index (Phi) is 3.87. The van der Waals surface area contributed by atoms with Gasteiger partial charge in [0.2, 0.25) is 0 Å². The lowest BCUT2D eigenvalue weighted by Gasteiger charge is -2.19. The maximum Gasteiger partial charge on any atom is 0.259 e. The second kappa shape index (κ2) is 5.16. The standard InChI is InChI=1S/C9H14N4O2/c1-2-3-13(4-5-14)9(15)7-6-11-12-8(7)10/h2,6,14H,1,3-5H2,(H3,10,11,12). The third kappa shape index (κ3) is 2.57. The lowest BCUT2D eigenvalue weighted by atomic mass is 10.2. The van der Waals surface area contributed by atoms with Crippen LogP contribution in [0.4, 0.5) is 5.82 Å². The van der Waals surface area contributed by atoms with E-state index in [4.69, 9.17) is 10.8 Å². The number of nitrogen functional groups attached to an aromatic ring is 1. The minimum Gasteiger partial charge on any atom is -0.395 e. The zero-order valence-electron chi connectivity index (χ0n) is 8.31. The van der Waals surface area contributed by atoms with Crippen LogP contribution in [-0.2, 0) is 0 Å². The van der Waals surface area contributed by atoms with Gasteiger partial charge in [0.05, 0.1) is 12.8 Å². The summed E-state index contributed by atoms with van der Waals surface area (Å²) < 4.78 is 0. The number of nitrogens with two attached hydrogens (primary N) is 1. The Balaban J connectivity index is 2.80. The minimum atomic E-state index is -0.268. The Morgan fingerprint density at radius 3 is 3.00 bits per heavy atom. The van der Waals surface area contributed by atoms with Crippen LogP contribution in [0.15, 0.2) is 18.9 Å². The molecule has 0 atom stereocenters. The molecule has 1 amide bonds. The highest BCUT2D eigenvalue weighted by Gasteiger charge is 2.17. The molecule has 0 saturated carbocycles. The second-order valence-electron chi connectivity index (χ2n) is 2.96. The number of hydrogen-bond acceptors (Lipinski definition) is 4. The lowest BCUT2D eigenvalue weighted by Crippen LogP contribution is -2.33. The number of H-pyrrole nitrogens is 1. The fraction of sp³-hybridized carbons (Fsp3) is 0.333. The van der Waals surface area contributed by atoms with Gasteiger partial charge in [0.25, 0.3) is 5.91 Å². The summed E-state index contributed by atoms with van der Waals surface area (Å²) in [6, 6.07) is 0. The third-order valence-corrected chi connectivity index (χ3v) is 1.91. The molecule has 0 radical (unpaired) electrons. The maximum atomic E-state index is 11.8. The number of aliphatic hydroxyl groups is 1. The molecule has 15 heavy (non-hydrogen) atoms. The molecule has 1 aromatic rings. The zero-order chi connectivity index (χ0) is 11.3. The van der Waals surface area contributed by atoms with Crippen molar-refractivity contribution < 1.29 is 9.90 Å². The van der Waals surface area contributed by atoms with Crippen LogP contribution in [0.2, 0.25) is 0 Å². The summed E-state index contributed by atoms with van der Waals surface area (Å²) in [5.41, 5.74) is 5.83. The monoisotopic (exact) mass is 210 g/mol. The number of rotatable bonds is 5. The molecule has 4 N–H and O–H groups in total. The molecule has 82 valence electrons. The van der Waals surface area contributed by atoms with Gasteiger partial charge in [-0.2, -0.15) is 5.10 Å². The normalized spacial score (nSPS) is 9.93. The van der Waals surface area contributed by atoms with Crippen LogP contribution in [0.5, 0.6) is 0 Å². The minimum absolute atomic E-state index is 0.0999. The van der Waals surface area contributed by atoms with E-state index in [9.17, 15) is 4.79 Å². The van der Waals surface area contributed by atoms with Crippen LogP contribution in [0.3, 0.4) is 0 Å². The number of anilines is 1. The van der Waals surface area contributed by atoms with Crippen molar-refractivity contribution in [3.8, 4) is 0 Å². The van der Waals surface area contributed by atoms with Crippen LogP contribution in [-0.4, -0.2) is 45.8 Å². The van der Waals surface area contributed by atoms with E-state index in [1.54, 1.807) is 6.08 Å². The van der Waals surface area contributed by atoms with Gasteiger partial charge in [-0.1, -0.05) is 6.08 Å². The number of nitrogens with one attached hydrogen (secondary N) is 1. The van der Waals surface area contributed by atoms with E-state index in [1.165, 1.54) is 11.1 Å². The number of amides is 1. The number of hydrogen-bond donors (Lipinski definition) is 3. The molecule has 0 fully saturated rings. The first-order valence-electron chi connectivity index (χ1n) is 4.50. The molecule has 1 rings (SSSR count). The van der Waals surface area contributed by atoms with Crippen LogP contribution in [0.1, 0.15) is 10.4 Å². The Bertz CT molecular complexity index is 348. The molecule has 0 bridgehead atoms. The van der Waals surface area contributed by atoms with Gasteiger partial charge < -0.3 is 15.7 Å². The molecular formula is C9H14N4O2. The van der Waals surface area contributed by atoms with Crippen molar-refractivity contribution in [3.63, 3.8) is 0 Å². The lowest BCUT2D eigenvalue weighted by molar-refractivity contribution is 0.0744. The van der Waals surface area contributed by atoms with Gasteiger partial charge in [-0.05, 0) is 0 Å². The van der Waals surface area contributed by atoms with Gasteiger partial charge in [-0.3, -0.25) is 9.89 Å². The topological polar surface area (TPSA) is 95.2 Å². The summed E-state index contributed by atoms with van der Waals surface area (Å²) >= 11 is 0. The molecule has 0 aliphatic heterocycles. The fourth-order valence-electron chi connectivity index (χ4n) is 1.19. The molecule has 0 aromatic carbocycles. The Hall–Kier alpha value is -1.82. The molecule has 0 unspecified atom stereocenters. The van der Waals surface area contributed by atoms with Gasteiger partial charge >= 0.3 is 0 Å². The molecular weight excluding hydrogens is 196 g/mol. The van der Waals surface area contributed by atoms with E-state index >= 15 is 0 Å². The molecule has 1 heterocycles. The molecule has 1 aromatic heterocycles. The third-order valence-electron chi connectivity index (χ3n) is 1.91. The first-order valence-corrected chi connectivity index (χ1v) is 4.50. The van der Waals surface area contributed by atoms with E-state index in [2.05, 4.69) is 16.8 Å². The number of nitrogens with zero attached hydrogens (tertiary/aromatic N) is 2. The summed E-state index contributed by atoms with van der Waals surface area (Å²) in [6.45, 7) is 4.05. The predicted molar refractivity (Wildman–Crippen MR) is 56.2 cm³/mol. The quantitative estimate of drug-likeness (QED) is 0.577. The van der Waals surface area contributed by atoms with Crippen LogP contribution >= 0.6 is 0 Å².